The summed E-state index contributed by atoms with van der Waals surface area (Å²) in [5.74, 6) is 0.140. The minimum absolute atomic E-state index is 0.140. The lowest BCUT2D eigenvalue weighted by Crippen LogP contribution is -2.51. The minimum Gasteiger partial charge on any atom is -0.374 e. The second-order valence-corrected chi connectivity index (χ2v) is 5.69. The molecule has 1 aromatic carbocycles. The maximum atomic E-state index is 12.8. The van der Waals surface area contributed by atoms with Gasteiger partial charge < -0.3 is 14.6 Å². The predicted octanol–water partition coefficient (Wildman–Crippen LogP) is 2.56. The Hall–Kier alpha value is -1.81. The Morgan fingerprint density at radius 3 is 3.20 bits per heavy atom. The maximum absolute atomic E-state index is 12.8. The first-order valence-corrected chi connectivity index (χ1v) is 7.33. The quantitative estimate of drug-likeness (QED) is 0.865. The zero-order chi connectivity index (χ0) is 13.5. The molecule has 0 radical (unpaired) electrons. The third kappa shape index (κ3) is 1.83. The van der Waals surface area contributed by atoms with Crippen LogP contribution in [0.25, 0.3) is 10.9 Å². The van der Waals surface area contributed by atoms with Crippen molar-refractivity contribution in [1.82, 2.24) is 9.88 Å². The second-order valence-electron chi connectivity index (χ2n) is 5.69. The number of morpholine rings is 1. The van der Waals surface area contributed by atoms with E-state index in [-0.39, 0.29) is 18.1 Å². The standard InChI is InChI=1S/C16H18N2O2/c19-16(12-5-4-11-6-7-17-13(11)10-12)18-8-9-20-15-3-1-2-14(15)18/h4-7,10,14-15,17H,1-3,8-9H2. The highest BCUT2D eigenvalue weighted by Gasteiger charge is 2.38. The number of aromatic nitrogens is 1. The van der Waals surface area contributed by atoms with Gasteiger partial charge in [0.25, 0.3) is 5.91 Å². The molecule has 2 unspecified atom stereocenters. The minimum atomic E-state index is 0.140. The fourth-order valence-corrected chi connectivity index (χ4v) is 3.52. The molecular weight excluding hydrogens is 252 g/mol. The summed E-state index contributed by atoms with van der Waals surface area (Å²) in [7, 11) is 0. The number of fused-ring (bicyclic) bond motifs is 2. The van der Waals surface area contributed by atoms with Gasteiger partial charge in [0, 0.05) is 23.8 Å². The summed E-state index contributed by atoms with van der Waals surface area (Å²) in [4.78, 5) is 18.0. The van der Waals surface area contributed by atoms with Gasteiger partial charge in [0.15, 0.2) is 0 Å². The van der Waals surface area contributed by atoms with Crippen LogP contribution in [0.4, 0.5) is 0 Å². The van der Waals surface area contributed by atoms with E-state index in [0.717, 1.165) is 35.7 Å². The lowest BCUT2D eigenvalue weighted by atomic mass is 10.1. The molecule has 4 heteroatoms. The third-order valence-corrected chi connectivity index (χ3v) is 4.54. The molecule has 0 bridgehead atoms. The van der Waals surface area contributed by atoms with Crippen molar-refractivity contribution >= 4 is 16.8 Å². The monoisotopic (exact) mass is 270 g/mol. The zero-order valence-corrected chi connectivity index (χ0v) is 11.3. The van der Waals surface area contributed by atoms with Crippen LogP contribution in [-0.4, -0.2) is 41.1 Å². The van der Waals surface area contributed by atoms with E-state index in [1.54, 1.807) is 0 Å². The number of nitrogens with one attached hydrogen (secondary N) is 1. The van der Waals surface area contributed by atoms with Crippen LogP contribution < -0.4 is 0 Å². The van der Waals surface area contributed by atoms with Crippen molar-refractivity contribution in [1.29, 1.82) is 0 Å². The second kappa shape index (κ2) is 4.63. The zero-order valence-electron chi connectivity index (χ0n) is 11.3. The number of benzene rings is 1. The number of rotatable bonds is 1. The first-order chi connectivity index (χ1) is 9.83. The van der Waals surface area contributed by atoms with E-state index < -0.39 is 0 Å². The lowest BCUT2D eigenvalue weighted by Gasteiger charge is -2.37. The number of ether oxygens (including phenoxy) is 1. The fourth-order valence-electron chi connectivity index (χ4n) is 3.52. The Morgan fingerprint density at radius 1 is 1.30 bits per heavy atom. The van der Waals surface area contributed by atoms with Crippen molar-refractivity contribution in [3.05, 3.63) is 36.0 Å². The maximum Gasteiger partial charge on any atom is 0.254 e. The van der Waals surface area contributed by atoms with Crippen molar-refractivity contribution in [3.8, 4) is 0 Å². The molecule has 1 saturated heterocycles. The molecule has 2 fully saturated rings. The number of carbonyl (C=O) groups is 1. The van der Waals surface area contributed by atoms with E-state index in [1.165, 1.54) is 0 Å². The van der Waals surface area contributed by atoms with Crippen molar-refractivity contribution in [2.45, 2.75) is 31.4 Å². The Kier molecular flexibility index (Phi) is 2.77. The summed E-state index contributed by atoms with van der Waals surface area (Å²) in [6.45, 7) is 1.38. The molecule has 2 aliphatic rings. The van der Waals surface area contributed by atoms with Gasteiger partial charge in [-0.2, -0.15) is 0 Å². The third-order valence-electron chi connectivity index (χ3n) is 4.54. The summed E-state index contributed by atoms with van der Waals surface area (Å²) < 4.78 is 5.78. The van der Waals surface area contributed by atoms with Gasteiger partial charge in [0.2, 0.25) is 0 Å². The van der Waals surface area contributed by atoms with E-state index in [1.807, 2.05) is 35.4 Å². The lowest BCUT2D eigenvalue weighted by molar-refractivity contribution is -0.0445. The molecule has 4 nitrogen and oxygen atoms in total. The molecule has 2 atom stereocenters. The van der Waals surface area contributed by atoms with Crippen molar-refractivity contribution in [2.75, 3.05) is 13.2 Å². The molecule has 20 heavy (non-hydrogen) atoms. The van der Waals surface area contributed by atoms with Gasteiger partial charge in [-0.05, 0) is 42.8 Å². The van der Waals surface area contributed by atoms with Crippen molar-refractivity contribution in [2.24, 2.45) is 0 Å². The Morgan fingerprint density at radius 2 is 2.25 bits per heavy atom. The average Bonchev–Trinajstić information content (AvgIpc) is 3.13. The Balaban J connectivity index is 1.65. The molecule has 1 amide bonds. The number of aromatic amines is 1. The van der Waals surface area contributed by atoms with Gasteiger partial charge >= 0.3 is 0 Å². The van der Waals surface area contributed by atoms with E-state index >= 15 is 0 Å². The van der Waals surface area contributed by atoms with Crippen LogP contribution >= 0.6 is 0 Å². The molecule has 4 rings (SSSR count). The van der Waals surface area contributed by atoms with Crippen molar-refractivity contribution in [3.63, 3.8) is 0 Å². The Bertz CT molecular complexity index is 649. The van der Waals surface area contributed by atoms with Crippen molar-refractivity contribution < 1.29 is 9.53 Å². The summed E-state index contributed by atoms with van der Waals surface area (Å²) in [5, 5.41) is 1.14. The first-order valence-electron chi connectivity index (χ1n) is 7.33. The first kappa shape index (κ1) is 12.0. The summed E-state index contributed by atoms with van der Waals surface area (Å²) in [6.07, 6.45) is 5.47. The van der Waals surface area contributed by atoms with Gasteiger partial charge in [0.05, 0.1) is 18.8 Å². The Labute approximate surface area is 117 Å². The highest BCUT2D eigenvalue weighted by atomic mass is 16.5. The molecule has 2 heterocycles. The molecule has 1 N–H and O–H groups in total. The van der Waals surface area contributed by atoms with Gasteiger partial charge in [-0.3, -0.25) is 4.79 Å². The number of carbonyl (C=O) groups excluding carboxylic acids is 1. The summed E-state index contributed by atoms with van der Waals surface area (Å²) in [6, 6.07) is 8.18. The smallest absolute Gasteiger partial charge is 0.254 e. The predicted molar refractivity (Wildman–Crippen MR) is 76.7 cm³/mol. The topological polar surface area (TPSA) is 45.3 Å². The van der Waals surface area contributed by atoms with E-state index in [9.17, 15) is 4.79 Å². The molecule has 0 spiro atoms. The largest absolute Gasteiger partial charge is 0.374 e. The van der Waals surface area contributed by atoms with Gasteiger partial charge in [-0.1, -0.05) is 6.07 Å². The highest BCUT2D eigenvalue weighted by molar-refractivity contribution is 5.98. The summed E-state index contributed by atoms with van der Waals surface area (Å²) in [5.41, 5.74) is 1.79. The number of amides is 1. The molecule has 1 aliphatic carbocycles. The number of hydrogen-bond donors (Lipinski definition) is 1. The van der Waals surface area contributed by atoms with E-state index in [2.05, 4.69) is 4.98 Å². The van der Waals surface area contributed by atoms with Crippen LogP contribution in [0.1, 0.15) is 29.6 Å². The van der Waals surface area contributed by atoms with Crippen LogP contribution in [0.5, 0.6) is 0 Å². The van der Waals surface area contributed by atoms with Gasteiger partial charge in [0.1, 0.15) is 0 Å². The highest BCUT2D eigenvalue weighted by Crippen LogP contribution is 2.30. The molecule has 1 aromatic heterocycles. The number of nitrogens with zero attached hydrogens (tertiary/aromatic N) is 1. The summed E-state index contributed by atoms with van der Waals surface area (Å²) >= 11 is 0. The van der Waals surface area contributed by atoms with Gasteiger partial charge in [-0.25, -0.2) is 0 Å². The van der Waals surface area contributed by atoms with Crippen LogP contribution in [0.15, 0.2) is 30.5 Å². The SMILES string of the molecule is O=C(c1ccc2cc[nH]c2c1)N1CCOC2CCCC21. The molecule has 1 aliphatic heterocycles. The van der Waals surface area contributed by atoms with Crippen LogP contribution in [-0.2, 0) is 4.74 Å². The number of H-pyrrole nitrogens is 1. The molecule has 104 valence electrons. The normalized spacial score (nSPS) is 25.9. The van der Waals surface area contributed by atoms with Gasteiger partial charge in [-0.15, -0.1) is 0 Å². The van der Waals surface area contributed by atoms with Crippen LogP contribution in [0.2, 0.25) is 0 Å². The average molecular weight is 270 g/mol. The molecule has 1 saturated carbocycles. The molecular formula is C16H18N2O2. The van der Waals surface area contributed by atoms with E-state index in [4.69, 9.17) is 4.74 Å². The van der Waals surface area contributed by atoms with Crippen LogP contribution in [0.3, 0.4) is 0 Å². The molecule has 2 aromatic rings. The fraction of sp³-hybridized carbons (Fsp3) is 0.438. The van der Waals surface area contributed by atoms with Crippen LogP contribution in [0, 0.1) is 0 Å². The van der Waals surface area contributed by atoms with E-state index in [0.29, 0.717) is 13.2 Å². The number of hydrogen-bond acceptors (Lipinski definition) is 2.